The van der Waals surface area contributed by atoms with E-state index in [4.69, 9.17) is 4.74 Å². The Morgan fingerprint density at radius 1 is 1.31 bits per heavy atom. The molecule has 1 spiro atoms. The fraction of sp³-hybridized carbons (Fsp3) is 0.471. The maximum atomic E-state index is 12.5. The lowest BCUT2D eigenvalue weighted by Crippen LogP contribution is -2.52. The van der Waals surface area contributed by atoms with E-state index in [0.717, 1.165) is 5.56 Å². The number of aryl methyl sites for hydroxylation is 1. The third kappa shape index (κ3) is 3.47. The Bertz CT molecular complexity index is 732. The van der Waals surface area contributed by atoms with E-state index >= 15 is 0 Å². The molecule has 1 aromatic carbocycles. The molecule has 1 N–H and O–H groups in total. The smallest absolute Gasteiger partial charge is 0.417 e. The lowest BCUT2D eigenvalue weighted by molar-refractivity contribution is -0.140. The van der Waals surface area contributed by atoms with E-state index < -0.39 is 30.6 Å². The molecule has 1 aromatic rings. The van der Waals surface area contributed by atoms with Crippen molar-refractivity contribution in [3.05, 3.63) is 29.8 Å². The van der Waals surface area contributed by atoms with Gasteiger partial charge in [-0.05, 0) is 24.6 Å². The zero-order chi connectivity index (χ0) is 18.9. The standard InChI is InChI=1S/C17H19F2N3O4/c1-11-3-2-4-12(9-11)20-15(24)21-7-5-17(6-8-21)14(23)22(10-13(18)19)16(25)26-17/h2-4,9,13H,5-8,10H2,1H3,(H,20,24). The molecular weight excluding hydrogens is 348 g/mol. The predicted octanol–water partition coefficient (Wildman–Crippen LogP) is 2.61. The summed E-state index contributed by atoms with van der Waals surface area (Å²) in [7, 11) is 0. The van der Waals surface area contributed by atoms with Gasteiger partial charge in [0.1, 0.15) is 0 Å². The molecule has 2 heterocycles. The molecule has 3 rings (SSSR count). The first-order valence-corrected chi connectivity index (χ1v) is 8.26. The van der Waals surface area contributed by atoms with Gasteiger partial charge < -0.3 is 15.0 Å². The highest BCUT2D eigenvalue weighted by atomic mass is 19.3. The molecule has 140 valence electrons. The van der Waals surface area contributed by atoms with Crippen molar-refractivity contribution in [2.24, 2.45) is 0 Å². The van der Waals surface area contributed by atoms with Crippen LogP contribution in [0.1, 0.15) is 18.4 Å². The SMILES string of the molecule is Cc1cccc(NC(=O)N2CCC3(CC2)OC(=O)N(CC(F)F)C3=O)c1. The summed E-state index contributed by atoms with van der Waals surface area (Å²) in [6.07, 6.45) is -3.70. The number of likely N-dealkylation sites (tertiary alicyclic amines) is 1. The number of nitrogens with zero attached hydrogens (tertiary/aromatic N) is 2. The summed E-state index contributed by atoms with van der Waals surface area (Å²) >= 11 is 0. The Kier molecular flexibility index (Phi) is 4.80. The second kappa shape index (κ2) is 6.89. The Balaban J connectivity index is 1.61. The largest absolute Gasteiger partial charge is 0.432 e. The van der Waals surface area contributed by atoms with Crippen LogP contribution in [0, 0.1) is 6.92 Å². The highest BCUT2D eigenvalue weighted by Gasteiger charge is 2.55. The van der Waals surface area contributed by atoms with Crippen molar-refractivity contribution in [2.75, 3.05) is 25.0 Å². The van der Waals surface area contributed by atoms with Gasteiger partial charge >= 0.3 is 12.1 Å². The Hall–Kier alpha value is -2.71. The first-order chi connectivity index (χ1) is 12.3. The Morgan fingerprint density at radius 2 is 2.00 bits per heavy atom. The van der Waals surface area contributed by atoms with Crippen LogP contribution in [0.5, 0.6) is 0 Å². The van der Waals surface area contributed by atoms with Gasteiger partial charge in [0.05, 0.1) is 6.54 Å². The third-order valence-electron chi connectivity index (χ3n) is 4.59. The van der Waals surface area contributed by atoms with Crippen molar-refractivity contribution in [2.45, 2.75) is 31.8 Å². The maximum absolute atomic E-state index is 12.5. The van der Waals surface area contributed by atoms with Gasteiger partial charge in [-0.15, -0.1) is 0 Å². The Morgan fingerprint density at radius 3 is 2.62 bits per heavy atom. The van der Waals surface area contributed by atoms with Crippen molar-refractivity contribution in [1.29, 1.82) is 0 Å². The van der Waals surface area contributed by atoms with Crippen LogP contribution in [0.4, 0.5) is 24.1 Å². The fourth-order valence-electron chi connectivity index (χ4n) is 3.20. The molecule has 4 amide bonds. The van der Waals surface area contributed by atoms with E-state index in [2.05, 4.69) is 5.32 Å². The van der Waals surface area contributed by atoms with Gasteiger partial charge in [0.15, 0.2) is 5.60 Å². The van der Waals surface area contributed by atoms with Crippen LogP contribution in [0.3, 0.4) is 0 Å². The number of rotatable bonds is 3. The van der Waals surface area contributed by atoms with E-state index in [1.54, 1.807) is 6.07 Å². The molecule has 0 atom stereocenters. The molecule has 0 aromatic heterocycles. The molecule has 9 heteroatoms. The monoisotopic (exact) mass is 367 g/mol. The zero-order valence-corrected chi connectivity index (χ0v) is 14.2. The van der Waals surface area contributed by atoms with Gasteiger partial charge in [0.2, 0.25) is 0 Å². The first-order valence-electron chi connectivity index (χ1n) is 8.26. The minimum atomic E-state index is -2.82. The lowest BCUT2D eigenvalue weighted by atomic mass is 9.90. The lowest BCUT2D eigenvalue weighted by Gasteiger charge is -2.36. The van der Waals surface area contributed by atoms with E-state index in [0.29, 0.717) is 10.6 Å². The molecule has 2 saturated heterocycles. The summed E-state index contributed by atoms with van der Waals surface area (Å²) in [4.78, 5) is 38.4. The van der Waals surface area contributed by atoms with Crippen LogP contribution in [-0.2, 0) is 9.53 Å². The van der Waals surface area contributed by atoms with Crippen LogP contribution in [0.15, 0.2) is 24.3 Å². The topological polar surface area (TPSA) is 79.0 Å². The summed E-state index contributed by atoms with van der Waals surface area (Å²) in [5.74, 6) is -0.749. The second-order valence-corrected chi connectivity index (χ2v) is 6.46. The van der Waals surface area contributed by atoms with Crippen molar-refractivity contribution in [3.8, 4) is 0 Å². The van der Waals surface area contributed by atoms with E-state index in [1.165, 1.54) is 4.90 Å². The number of ether oxygens (including phenoxy) is 1. The molecule has 0 saturated carbocycles. The average molecular weight is 367 g/mol. The average Bonchev–Trinajstić information content (AvgIpc) is 2.79. The molecule has 2 fully saturated rings. The molecular formula is C17H19F2N3O4. The van der Waals surface area contributed by atoms with Crippen molar-refractivity contribution in [1.82, 2.24) is 9.80 Å². The van der Waals surface area contributed by atoms with Gasteiger partial charge in [0, 0.05) is 31.6 Å². The van der Waals surface area contributed by atoms with E-state index in [9.17, 15) is 23.2 Å². The molecule has 2 aliphatic heterocycles. The summed E-state index contributed by atoms with van der Waals surface area (Å²) in [5, 5.41) is 2.77. The van der Waals surface area contributed by atoms with Crippen LogP contribution < -0.4 is 5.32 Å². The predicted molar refractivity (Wildman–Crippen MR) is 87.9 cm³/mol. The molecule has 26 heavy (non-hydrogen) atoms. The van der Waals surface area contributed by atoms with E-state index in [-0.39, 0.29) is 32.0 Å². The number of nitrogens with one attached hydrogen (secondary N) is 1. The normalized spacial score (nSPS) is 19.2. The van der Waals surface area contributed by atoms with Crippen LogP contribution in [-0.4, -0.2) is 59.5 Å². The number of carbonyl (C=O) groups excluding carboxylic acids is 3. The highest BCUT2D eigenvalue weighted by Crippen LogP contribution is 2.35. The number of urea groups is 1. The van der Waals surface area contributed by atoms with Gasteiger partial charge in [-0.1, -0.05) is 12.1 Å². The number of imide groups is 1. The maximum Gasteiger partial charge on any atom is 0.417 e. The van der Waals surface area contributed by atoms with Crippen LogP contribution >= 0.6 is 0 Å². The first kappa shape index (κ1) is 18.1. The number of hydrogen-bond acceptors (Lipinski definition) is 4. The fourth-order valence-corrected chi connectivity index (χ4v) is 3.20. The highest BCUT2D eigenvalue weighted by molar-refractivity contribution is 6.03. The summed E-state index contributed by atoms with van der Waals surface area (Å²) in [6, 6.07) is 7.00. The minimum absolute atomic E-state index is 0.0819. The molecule has 0 aliphatic carbocycles. The summed E-state index contributed by atoms with van der Waals surface area (Å²) < 4.78 is 30.2. The zero-order valence-electron chi connectivity index (χ0n) is 14.2. The van der Waals surface area contributed by atoms with Gasteiger partial charge in [0.25, 0.3) is 12.3 Å². The molecule has 2 aliphatic rings. The second-order valence-electron chi connectivity index (χ2n) is 6.46. The summed E-state index contributed by atoms with van der Waals surface area (Å²) in [6.45, 7) is 1.29. The number of anilines is 1. The number of halogens is 2. The summed E-state index contributed by atoms with van der Waals surface area (Å²) in [5.41, 5.74) is 0.219. The number of piperidine rings is 1. The Labute approximate surface area is 148 Å². The van der Waals surface area contributed by atoms with Crippen LogP contribution in [0.2, 0.25) is 0 Å². The molecule has 0 unspecified atom stereocenters. The number of carbonyl (C=O) groups is 3. The minimum Gasteiger partial charge on any atom is -0.432 e. The molecule has 0 bridgehead atoms. The molecule has 7 nitrogen and oxygen atoms in total. The number of benzene rings is 1. The van der Waals surface area contributed by atoms with Crippen molar-refractivity contribution < 1.29 is 27.9 Å². The number of alkyl halides is 2. The number of amides is 4. The van der Waals surface area contributed by atoms with Gasteiger partial charge in [-0.3, -0.25) is 4.79 Å². The molecule has 0 radical (unpaired) electrons. The van der Waals surface area contributed by atoms with Crippen molar-refractivity contribution in [3.63, 3.8) is 0 Å². The van der Waals surface area contributed by atoms with Gasteiger partial charge in [-0.2, -0.15) is 0 Å². The van der Waals surface area contributed by atoms with E-state index in [1.807, 2.05) is 25.1 Å². The van der Waals surface area contributed by atoms with Crippen molar-refractivity contribution >= 4 is 23.7 Å². The van der Waals surface area contributed by atoms with Gasteiger partial charge in [-0.25, -0.2) is 23.3 Å². The quantitative estimate of drug-likeness (QED) is 0.891. The number of hydrogen-bond donors (Lipinski definition) is 1. The third-order valence-corrected chi connectivity index (χ3v) is 4.59. The van der Waals surface area contributed by atoms with Crippen LogP contribution in [0.25, 0.3) is 0 Å².